The van der Waals surface area contributed by atoms with Gasteiger partial charge in [-0.3, -0.25) is 14.9 Å². The van der Waals surface area contributed by atoms with Crippen molar-refractivity contribution in [2.24, 2.45) is 5.41 Å². The third-order valence-electron chi connectivity index (χ3n) is 6.16. The molecule has 2 amide bonds. The number of amides is 2. The molecule has 1 aromatic heterocycles. The molecule has 1 aliphatic rings. The Balaban J connectivity index is 1.47. The second kappa shape index (κ2) is 9.61. The van der Waals surface area contributed by atoms with Crippen molar-refractivity contribution in [2.75, 3.05) is 10.6 Å². The molecule has 1 unspecified atom stereocenters. The van der Waals surface area contributed by atoms with Crippen LogP contribution in [0.4, 0.5) is 16.3 Å². The number of benzene rings is 2. The molecule has 34 heavy (non-hydrogen) atoms. The van der Waals surface area contributed by atoms with E-state index in [9.17, 15) is 19.5 Å². The van der Waals surface area contributed by atoms with Crippen molar-refractivity contribution in [3.8, 4) is 11.3 Å². The summed E-state index contributed by atoms with van der Waals surface area (Å²) in [4.78, 5) is 36.6. The number of aliphatic carboxylic acids is 1. The van der Waals surface area contributed by atoms with Gasteiger partial charge in [-0.1, -0.05) is 36.7 Å². The summed E-state index contributed by atoms with van der Waals surface area (Å²) in [5.74, 6) is -0.792. The van der Waals surface area contributed by atoms with Crippen molar-refractivity contribution in [2.45, 2.75) is 32.6 Å². The van der Waals surface area contributed by atoms with E-state index in [2.05, 4.69) is 20.8 Å². The first kappa shape index (κ1) is 23.4. The third kappa shape index (κ3) is 4.92. The average Bonchev–Trinajstić information content (AvgIpc) is 2.81. The molecule has 0 fully saturated rings. The van der Waals surface area contributed by atoms with Crippen LogP contribution in [0.1, 0.15) is 42.1 Å². The smallest absolute Gasteiger partial charge is 0.324 e. The normalized spacial score (nSPS) is 17.1. The van der Waals surface area contributed by atoms with Gasteiger partial charge in [-0.25, -0.2) is 4.79 Å². The van der Waals surface area contributed by atoms with E-state index >= 15 is 0 Å². The van der Waals surface area contributed by atoms with Gasteiger partial charge in [-0.05, 0) is 61.2 Å². The summed E-state index contributed by atoms with van der Waals surface area (Å²) in [6, 6.07) is 15.1. The molecule has 0 radical (unpaired) electrons. The number of carboxylic acids is 1. The van der Waals surface area contributed by atoms with Gasteiger partial charge in [-0.2, -0.15) is 0 Å². The van der Waals surface area contributed by atoms with Crippen LogP contribution in [-0.4, -0.2) is 33.1 Å². The van der Waals surface area contributed by atoms with Gasteiger partial charge in [0.25, 0.3) is 0 Å². The van der Waals surface area contributed by atoms with Crippen molar-refractivity contribution < 1.29 is 19.5 Å². The Kier molecular flexibility index (Phi) is 6.61. The highest BCUT2D eigenvalue weighted by atomic mass is 35.5. The molecule has 1 atom stereocenters. The SMILES string of the molecule is CCC1(CC(=O)O)CCc2cc(-c3ccc(NC(=O)Nc4cccc(Cl)c4)nn3)ccc2C1=O. The lowest BCUT2D eigenvalue weighted by molar-refractivity contribution is -0.139. The lowest BCUT2D eigenvalue weighted by Gasteiger charge is -2.34. The lowest BCUT2D eigenvalue weighted by Crippen LogP contribution is -2.37. The first-order valence-corrected chi connectivity index (χ1v) is 11.2. The van der Waals surface area contributed by atoms with Crippen molar-refractivity contribution in [1.82, 2.24) is 10.2 Å². The standard InChI is InChI=1S/C25H23ClN4O4/c1-2-25(14-22(31)32)11-10-15-12-16(6-7-19(15)23(25)33)20-8-9-21(30-29-20)28-24(34)27-18-5-3-4-17(26)13-18/h3-9,12-13H,2,10-11,14H2,1H3,(H,31,32)(H2,27,28,30,34). The van der Waals surface area contributed by atoms with Crippen molar-refractivity contribution in [3.63, 3.8) is 0 Å². The number of carbonyl (C=O) groups excluding carboxylic acids is 2. The molecule has 0 saturated carbocycles. The monoisotopic (exact) mass is 478 g/mol. The number of nitrogens with one attached hydrogen (secondary N) is 2. The van der Waals surface area contributed by atoms with Gasteiger partial charge in [0.05, 0.1) is 12.1 Å². The highest BCUT2D eigenvalue weighted by Gasteiger charge is 2.42. The fourth-order valence-electron chi connectivity index (χ4n) is 4.27. The fourth-order valence-corrected chi connectivity index (χ4v) is 4.46. The first-order chi connectivity index (χ1) is 16.3. The van der Waals surface area contributed by atoms with E-state index in [4.69, 9.17) is 11.6 Å². The maximum atomic E-state index is 13.1. The van der Waals surface area contributed by atoms with Crippen LogP contribution in [0, 0.1) is 5.41 Å². The largest absolute Gasteiger partial charge is 0.481 e. The molecule has 3 aromatic rings. The minimum atomic E-state index is -0.958. The second-order valence-electron chi connectivity index (χ2n) is 8.30. The van der Waals surface area contributed by atoms with Crippen LogP contribution in [-0.2, 0) is 11.2 Å². The third-order valence-corrected chi connectivity index (χ3v) is 6.39. The summed E-state index contributed by atoms with van der Waals surface area (Å²) in [5, 5.41) is 23.3. The molecule has 1 heterocycles. The van der Waals surface area contributed by atoms with Crippen molar-refractivity contribution in [3.05, 3.63) is 70.7 Å². The van der Waals surface area contributed by atoms with Gasteiger partial charge in [0, 0.05) is 27.3 Å². The number of hydrogen-bond donors (Lipinski definition) is 3. The number of nitrogens with zero attached hydrogens (tertiary/aromatic N) is 2. The van der Waals surface area contributed by atoms with Crippen molar-refractivity contribution in [1.29, 1.82) is 0 Å². The number of rotatable bonds is 6. The molecular weight excluding hydrogens is 456 g/mol. The number of aryl methyl sites for hydroxylation is 1. The van der Waals surface area contributed by atoms with Crippen LogP contribution in [0.15, 0.2) is 54.6 Å². The number of fused-ring (bicyclic) bond motifs is 1. The zero-order chi connectivity index (χ0) is 24.3. The highest BCUT2D eigenvalue weighted by Crippen LogP contribution is 2.41. The quantitative estimate of drug-likeness (QED) is 0.433. The number of carbonyl (C=O) groups is 3. The summed E-state index contributed by atoms with van der Waals surface area (Å²) >= 11 is 5.92. The molecule has 2 aromatic carbocycles. The van der Waals surface area contributed by atoms with Crippen LogP contribution >= 0.6 is 11.6 Å². The molecule has 3 N–H and O–H groups in total. The average molecular weight is 479 g/mol. The molecular formula is C25H23ClN4O4. The zero-order valence-corrected chi connectivity index (χ0v) is 19.2. The fraction of sp³-hybridized carbons (Fsp3) is 0.240. The molecule has 0 bridgehead atoms. The van der Waals surface area contributed by atoms with Crippen LogP contribution in [0.25, 0.3) is 11.3 Å². The number of hydrogen-bond acceptors (Lipinski definition) is 5. The van der Waals surface area contributed by atoms with Crippen LogP contribution < -0.4 is 10.6 Å². The summed E-state index contributed by atoms with van der Waals surface area (Å²) in [7, 11) is 0. The molecule has 0 saturated heterocycles. The van der Waals surface area contributed by atoms with Gasteiger partial charge < -0.3 is 10.4 Å². The number of halogens is 1. The number of aromatic nitrogens is 2. The molecule has 1 aliphatic carbocycles. The van der Waals surface area contributed by atoms with Crippen LogP contribution in [0.2, 0.25) is 5.02 Å². The zero-order valence-electron chi connectivity index (χ0n) is 18.5. The van der Waals surface area contributed by atoms with E-state index in [1.807, 2.05) is 13.0 Å². The summed E-state index contributed by atoms with van der Waals surface area (Å²) in [5.41, 5.74) is 2.53. The predicted octanol–water partition coefficient (Wildman–Crippen LogP) is 5.44. The topological polar surface area (TPSA) is 121 Å². The van der Waals surface area contributed by atoms with Gasteiger partial charge in [-0.15, -0.1) is 10.2 Å². The van der Waals surface area contributed by atoms with Crippen LogP contribution in [0.5, 0.6) is 0 Å². The van der Waals surface area contributed by atoms with E-state index in [1.54, 1.807) is 48.5 Å². The van der Waals surface area contributed by atoms with E-state index < -0.39 is 17.4 Å². The number of Topliss-reactive ketones (excluding diaryl/α,β-unsaturated/α-hetero) is 1. The molecule has 4 rings (SSSR count). The second-order valence-corrected chi connectivity index (χ2v) is 8.74. The van der Waals surface area contributed by atoms with Crippen molar-refractivity contribution >= 4 is 40.9 Å². The lowest BCUT2D eigenvalue weighted by atomic mass is 9.67. The number of carboxylic acid groups (broad SMARTS) is 1. The van der Waals surface area contributed by atoms with E-state index in [1.165, 1.54) is 0 Å². The summed E-state index contributed by atoms with van der Waals surface area (Å²) in [6.45, 7) is 1.86. The Morgan fingerprint density at radius 3 is 2.59 bits per heavy atom. The summed E-state index contributed by atoms with van der Waals surface area (Å²) in [6.07, 6.45) is 1.45. The molecule has 174 valence electrons. The first-order valence-electron chi connectivity index (χ1n) is 10.9. The minimum absolute atomic E-state index is 0.110. The summed E-state index contributed by atoms with van der Waals surface area (Å²) < 4.78 is 0. The Labute approximate surface area is 201 Å². The molecule has 0 spiro atoms. The number of anilines is 2. The molecule has 9 heteroatoms. The van der Waals surface area contributed by atoms with E-state index in [0.717, 1.165) is 11.1 Å². The Morgan fingerprint density at radius 1 is 1.09 bits per heavy atom. The predicted molar refractivity (Wildman–Crippen MR) is 129 cm³/mol. The molecule has 0 aliphatic heterocycles. The maximum absolute atomic E-state index is 13.1. The van der Waals surface area contributed by atoms with Gasteiger partial charge >= 0.3 is 12.0 Å². The minimum Gasteiger partial charge on any atom is -0.481 e. The highest BCUT2D eigenvalue weighted by molar-refractivity contribution is 6.30. The van der Waals surface area contributed by atoms with Crippen LogP contribution in [0.3, 0.4) is 0 Å². The Bertz CT molecular complexity index is 1260. The Morgan fingerprint density at radius 2 is 1.91 bits per heavy atom. The number of ketones is 1. The maximum Gasteiger partial charge on any atom is 0.324 e. The Hall–Kier alpha value is -3.78. The van der Waals surface area contributed by atoms with Gasteiger partial charge in [0.2, 0.25) is 0 Å². The van der Waals surface area contributed by atoms with Gasteiger partial charge in [0.15, 0.2) is 11.6 Å². The van der Waals surface area contributed by atoms with E-state index in [-0.39, 0.29) is 18.0 Å². The van der Waals surface area contributed by atoms with E-state index in [0.29, 0.717) is 41.2 Å². The molecule has 8 nitrogen and oxygen atoms in total. The van der Waals surface area contributed by atoms with Gasteiger partial charge in [0.1, 0.15) is 0 Å². The number of urea groups is 1.